The number of rotatable bonds is 5. The minimum atomic E-state index is -4.78. The van der Waals surface area contributed by atoms with Gasteiger partial charge in [0.1, 0.15) is 5.70 Å². The molecule has 0 saturated heterocycles. The highest BCUT2D eigenvalue weighted by atomic mass is 32.2. The predicted octanol–water partition coefficient (Wildman–Crippen LogP) is 4.91. The van der Waals surface area contributed by atoms with Crippen molar-refractivity contribution < 1.29 is 26.4 Å². The van der Waals surface area contributed by atoms with E-state index >= 15 is 0 Å². The third-order valence-corrected chi connectivity index (χ3v) is 7.10. The number of carbonyl (C=O) groups is 1. The molecule has 2 N–H and O–H groups in total. The molecular formula is C20H15F3N2O3S3. The van der Waals surface area contributed by atoms with E-state index in [0.717, 1.165) is 28.9 Å². The molecule has 0 fully saturated rings. The summed E-state index contributed by atoms with van der Waals surface area (Å²) in [5.74, 6) is -0.690. The van der Waals surface area contributed by atoms with E-state index in [1.165, 1.54) is 24.3 Å². The fraction of sp³-hybridized carbons (Fsp3) is 0.100. The van der Waals surface area contributed by atoms with E-state index in [0.29, 0.717) is 16.5 Å². The van der Waals surface area contributed by atoms with Gasteiger partial charge in [0.2, 0.25) is 0 Å². The molecule has 0 aliphatic heterocycles. The molecule has 0 spiro atoms. The number of halogens is 3. The summed E-state index contributed by atoms with van der Waals surface area (Å²) in [4.78, 5) is 17.5. The molecule has 0 saturated carbocycles. The van der Waals surface area contributed by atoms with Crippen LogP contribution in [-0.4, -0.2) is 32.5 Å². The maximum absolute atomic E-state index is 13.0. The van der Waals surface area contributed by atoms with Gasteiger partial charge in [-0.2, -0.15) is 13.2 Å². The molecule has 3 aromatic rings. The highest BCUT2D eigenvalue weighted by Gasteiger charge is 2.32. The van der Waals surface area contributed by atoms with Gasteiger partial charge in [0, 0.05) is 11.1 Å². The molecule has 5 nitrogen and oxygen atoms in total. The molecule has 0 aliphatic rings. The normalized spacial score (nSPS) is 13.4. The van der Waals surface area contributed by atoms with Gasteiger partial charge in [-0.25, -0.2) is 13.4 Å². The van der Waals surface area contributed by atoms with Crippen molar-refractivity contribution in [3.63, 3.8) is 0 Å². The van der Waals surface area contributed by atoms with Crippen molar-refractivity contribution in [3.05, 3.63) is 75.4 Å². The van der Waals surface area contributed by atoms with E-state index in [2.05, 4.69) is 4.99 Å². The fourth-order valence-electron chi connectivity index (χ4n) is 2.46. The number of thiophene rings is 2. The van der Waals surface area contributed by atoms with E-state index in [-0.39, 0.29) is 20.4 Å². The predicted molar refractivity (Wildman–Crippen MR) is 116 cm³/mol. The van der Waals surface area contributed by atoms with Crippen molar-refractivity contribution in [2.24, 2.45) is 10.7 Å². The summed E-state index contributed by atoms with van der Waals surface area (Å²) in [5.41, 5.74) is 4.10. The summed E-state index contributed by atoms with van der Waals surface area (Å²) in [6, 6.07) is 12.4. The number of sulfone groups is 1. The van der Waals surface area contributed by atoms with Crippen LogP contribution in [0.1, 0.15) is 14.5 Å². The number of benzene rings is 1. The van der Waals surface area contributed by atoms with Gasteiger partial charge in [-0.05, 0) is 47.4 Å². The van der Waals surface area contributed by atoms with E-state index in [9.17, 15) is 26.4 Å². The Labute approximate surface area is 184 Å². The molecule has 2 heterocycles. The van der Waals surface area contributed by atoms with Gasteiger partial charge in [-0.1, -0.05) is 18.2 Å². The Bertz CT molecular complexity index is 1270. The average Bonchev–Trinajstić information content (AvgIpc) is 3.38. The summed E-state index contributed by atoms with van der Waals surface area (Å²) in [5, 5.41) is 1.65. The Kier molecular flexibility index (Phi) is 6.48. The summed E-state index contributed by atoms with van der Waals surface area (Å²) in [7, 11) is -3.43. The summed E-state index contributed by atoms with van der Waals surface area (Å²) >= 11 is 2.18. The lowest BCUT2D eigenvalue weighted by molar-refractivity contribution is -0.0925. The second-order valence-corrected chi connectivity index (χ2v) is 10.4. The SMILES string of the molecule is CS(=O)(=O)c1cccc(-c2ccc(C(C=C(N)C(F)(F)F)=NC(=O)c3cccs3)s2)c1. The van der Waals surface area contributed by atoms with Crippen molar-refractivity contribution in [2.45, 2.75) is 11.1 Å². The molecule has 0 unspecified atom stereocenters. The van der Waals surface area contributed by atoms with Gasteiger partial charge in [0.05, 0.1) is 20.4 Å². The first-order chi connectivity index (χ1) is 14.4. The minimum Gasteiger partial charge on any atom is -0.395 e. The number of hydrogen-bond acceptors (Lipinski definition) is 6. The molecular weight excluding hydrogens is 469 g/mol. The van der Waals surface area contributed by atoms with Crippen molar-refractivity contribution in [1.82, 2.24) is 0 Å². The van der Waals surface area contributed by atoms with Gasteiger partial charge < -0.3 is 5.73 Å². The number of hydrogen-bond donors (Lipinski definition) is 1. The number of amides is 1. The van der Waals surface area contributed by atoms with E-state index in [4.69, 9.17) is 5.73 Å². The van der Waals surface area contributed by atoms with Gasteiger partial charge in [-0.3, -0.25) is 4.79 Å². The summed E-state index contributed by atoms with van der Waals surface area (Å²) in [6.45, 7) is 0. The van der Waals surface area contributed by atoms with Crippen LogP contribution in [0.5, 0.6) is 0 Å². The third-order valence-electron chi connectivity index (χ3n) is 3.98. The lowest BCUT2D eigenvalue weighted by Crippen LogP contribution is -2.21. The lowest BCUT2D eigenvalue weighted by atomic mass is 10.2. The number of alkyl halides is 3. The molecule has 2 aromatic heterocycles. The number of nitrogens with two attached hydrogens (primary N) is 1. The summed E-state index contributed by atoms with van der Waals surface area (Å²) < 4.78 is 62.5. The fourth-order valence-corrected chi connectivity index (χ4v) is 4.70. The molecule has 1 amide bonds. The first kappa shape index (κ1) is 22.9. The first-order valence-electron chi connectivity index (χ1n) is 8.57. The Morgan fingerprint density at radius 3 is 2.45 bits per heavy atom. The smallest absolute Gasteiger partial charge is 0.395 e. The van der Waals surface area contributed by atoms with Crippen LogP contribution in [0.25, 0.3) is 10.4 Å². The van der Waals surface area contributed by atoms with Crippen LogP contribution in [0, 0.1) is 0 Å². The van der Waals surface area contributed by atoms with Crippen molar-refractivity contribution in [2.75, 3.05) is 6.26 Å². The molecule has 3 rings (SSSR count). The monoisotopic (exact) mass is 484 g/mol. The second-order valence-electron chi connectivity index (χ2n) is 6.34. The largest absolute Gasteiger partial charge is 0.430 e. The molecule has 31 heavy (non-hydrogen) atoms. The molecule has 162 valence electrons. The summed E-state index contributed by atoms with van der Waals surface area (Å²) in [6.07, 6.45) is -3.08. The topological polar surface area (TPSA) is 89.6 Å². The highest BCUT2D eigenvalue weighted by Crippen LogP contribution is 2.31. The van der Waals surface area contributed by atoms with Gasteiger partial charge in [0.15, 0.2) is 9.84 Å². The molecule has 0 aliphatic carbocycles. The molecule has 1 aromatic carbocycles. The van der Waals surface area contributed by atoms with Crippen molar-refractivity contribution >= 4 is 44.1 Å². The average molecular weight is 485 g/mol. The Morgan fingerprint density at radius 1 is 1.10 bits per heavy atom. The molecule has 0 atom stereocenters. The maximum atomic E-state index is 13.0. The van der Waals surface area contributed by atoms with Crippen molar-refractivity contribution in [1.29, 1.82) is 0 Å². The standard InChI is InChI=1S/C20H15F3N2O3S3/c1-31(27,28)13-5-2-4-12(10-13)15-7-8-16(30-15)14(11-18(24)20(21,22)23)25-19(26)17-6-3-9-29-17/h2-11H,24H2,1H3. The molecule has 0 radical (unpaired) electrons. The number of allylic oxidation sites excluding steroid dienone is 2. The van der Waals surface area contributed by atoms with Gasteiger partial charge >= 0.3 is 6.18 Å². The van der Waals surface area contributed by atoms with Crippen LogP contribution >= 0.6 is 22.7 Å². The highest BCUT2D eigenvalue weighted by molar-refractivity contribution is 7.90. The van der Waals surface area contributed by atoms with E-state index in [1.807, 2.05) is 0 Å². The number of nitrogens with zero attached hydrogens (tertiary/aromatic N) is 1. The van der Waals surface area contributed by atoms with Crippen LogP contribution in [0.2, 0.25) is 0 Å². The van der Waals surface area contributed by atoms with Crippen molar-refractivity contribution in [3.8, 4) is 10.4 Å². The number of aliphatic imine (C=N–C) groups is 1. The quantitative estimate of drug-likeness (QED) is 0.521. The van der Waals surface area contributed by atoms with Crippen LogP contribution < -0.4 is 5.73 Å². The van der Waals surface area contributed by atoms with E-state index in [1.54, 1.807) is 29.6 Å². The second kappa shape index (κ2) is 8.77. The van der Waals surface area contributed by atoms with Crippen LogP contribution in [0.3, 0.4) is 0 Å². The van der Waals surface area contributed by atoms with Crippen LogP contribution in [0.4, 0.5) is 13.2 Å². The lowest BCUT2D eigenvalue weighted by Gasteiger charge is -2.07. The molecule has 0 bridgehead atoms. The minimum absolute atomic E-state index is 0.114. The van der Waals surface area contributed by atoms with Crippen LogP contribution in [0.15, 0.2) is 75.6 Å². The van der Waals surface area contributed by atoms with Crippen LogP contribution in [-0.2, 0) is 9.84 Å². The zero-order valence-corrected chi connectivity index (χ0v) is 18.3. The maximum Gasteiger partial charge on any atom is 0.430 e. The zero-order valence-electron chi connectivity index (χ0n) is 15.9. The first-order valence-corrected chi connectivity index (χ1v) is 12.2. The Balaban J connectivity index is 2.05. The van der Waals surface area contributed by atoms with E-state index < -0.39 is 27.6 Å². The Hall–Kier alpha value is -2.76. The molecule has 11 heteroatoms. The van der Waals surface area contributed by atoms with Gasteiger partial charge in [-0.15, -0.1) is 22.7 Å². The van der Waals surface area contributed by atoms with Gasteiger partial charge in [0.25, 0.3) is 5.91 Å². The third kappa shape index (κ3) is 5.69. The number of carbonyl (C=O) groups excluding carboxylic acids is 1. The Morgan fingerprint density at radius 2 is 1.84 bits per heavy atom. The zero-order chi connectivity index (χ0) is 22.8.